The van der Waals surface area contributed by atoms with E-state index in [1.54, 1.807) is 29.2 Å². The van der Waals surface area contributed by atoms with E-state index in [1.807, 2.05) is 26.8 Å². The van der Waals surface area contributed by atoms with Crippen LogP contribution >= 0.6 is 0 Å². The van der Waals surface area contributed by atoms with Crippen LogP contribution in [0.4, 0.5) is 11.4 Å². The molecule has 1 aliphatic rings. The monoisotopic (exact) mass is 388 g/mol. The van der Waals surface area contributed by atoms with E-state index in [4.69, 9.17) is 4.74 Å². The highest BCUT2D eigenvalue weighted by Gasteiger charge is 2.24. The first-order valence-electron chi connectivity index (χ1n) is 8.99. The van der Waals surface area contributed by atoms with E-state index in [2.05, 4.69) is 4.72 Å². The third-order valence-electron chi connectivity index (χ3n) is 4.58. The Morgan fingerprint density at radius 1 is 1.11 bits per heavy atom. The second-order valence-electron chi connectivity index (χ2n) is 6.62. The van der Waals surface area contributed by atoms with Gasteiger partial charge in [-0.3, -0.25) is 9.52 Å². The van der Waals surface area contributed by atoms with E-state index in [1.165, 1.54) is 6.07 Å². The Bertz CT molecular complexity index is 970. The van der Waals surface area contributed by atoms with Crippen LogP contribution in [0.25, 0.3) is 0 Å². The maximum atomic E-state index is 12.8. The van der Waals surface area contributed by atoms with E-state index < -0.39 is 10.0 Å². The number of hydrogen-bond acceptors (Lipinski definition) is 4. The molecule has 0 aliphatic carbocycles. The highest BCUT2D eigenvalue weighted by atomic mass is 32.2. The Kier molecular flexibility index (Phi) is 5.41. The number of carbonyl (C=O) groups excluding carboxylic acids is 1. The van der Waals surface area contributed by atoms with Crippen molar-refractivity contribution in [3.8, 4) is 5.75 Å². The van der Waals surface area contributed by atoms with Gasteiger partial charge in [-0.2, -0.15) is 0 Å². The molecule has 0 aromatic heterocycles. The fourth-order valence-corrected chi connectivity index (χ4v) is 4.32. The lowest BCUT2D eigenvalue weighted by Gasteiger charge is -2.20. The largest absolute Gasteiger partial charge is 0.494 e. The molecule has 1 amide bonds. The SMILES string of the molecule is CCOc1ccc(S(=O)(=O)Nc2ccc(C)c(N3CCCC3=O)c2)cc1C. The lowest BCUT2D eigenvalue weighted by Crippen LogP contribution is -2.24. The smallest absolute Gasteiger partial charge is 0.261 e. The number of ether oxygens (including phenoxy) is 1. The molecule has 2 aromatic rings. The van der Waals surface area contributed by atoms with Crippen molar-refractivity contribution < 1.29 is 17.9 Å². The Hall–Kier alpha value is -2.54. The predicted octanol–water partition coefficient (Wildman–Crippen LogP) is 3.63. The molecule has 144 valence electrons. The molecule has 1 fully saturated rings. The summed E-state index contributed by atoms with van der Waals surface area (Å²) in [5, 5.41) is 0. The second kappa shape index (κ2) is 7.60. The summed E-state index contributed by atoms with van der Waals surface area (Å²) in [7, 11) is -3.74. The first-order valence-corrected chi connectivity index (χ1v) is 10.5. The van der Waals surface area contributed by atoms with E-state index in [0.29, 0.717) is 31.0 Å². The summed E-state index contributed by atoms with van der Waals surface area (Å²) in [6.07, 6.45) is 1.35. The van der Waals surface area contributed by atoms with Gasteiger partial charge in [0.2, 0.25) is 5.91 Å². The van der Waals surface area contributed by atoms with Crippen LogP contribution in [-0.4, -0.2) is 27.5 Å². The molecule has 0 bridgehead atoms. The van der Waals surface area contributed by atoms with Crippen molar-refractivity contribution in [3.63, 3.8) is 0 Å². The van der Waals surface area contributed by atoms with Crippen molar-refractivity contribution in [2.24, 2.45) is 0 Å². The van der Waals surface area contributed by atoms with Crippen LogP contribution in [0, 0.1) is 13.8 Å². The molecular formula is C20H24N2O4S. The summed E-state index contributed by atoms with van der Waals surface area (Å²) >= 11 is 0. The maximum absolute atomic E-state index is 12.8. The summed E-state index contributed by atoms with van der Waals surface area (Å²) in [5.41, 5.74) is 2.87. The molecule has 1 saturated heterocycles. The van der Waals surface area contributed by atoms with Gasteiger partial charge < -0.3 is 9.64 Å². The summed E-state index contributed by atoms with van der Waals surface area (Å²) in [6, 6.07) is 10.0. The van der Waals surface area contributed by atoms with Crippen molar-refractivity contribution in [2.75, 3.05) is 22.8 Å². The van der Waals surface area contributed by atoms with Crippen LogP contribution in [0.1, 0.15) is 30.9 Å². The molecular weight excluding hydrogens is 364 g/mol. The molecule has 3 rings (SSSR count). The van der Waals surface area contributed by atoms with Gasteiger partial charge in [0.25, 0.3) is 10.0 Å². The highest BCUT2D eigenvalue weighted by molar-refractivity contribution is 7.92. The van der Waals surface area contributed by atoms with Crippen molar-refractivity contribution in [1.29, 1.82) is 0 Å². The Balaban J connectivity index is 1.88. The molecule has 27 heavy (non-hydrogen) atoms. The summed E-state index contributed by atoms with van der Waals surface area (Å²) in [4.78, 5) is 13.9. The maximum Gasteiger partial charge on any atom is 0.261 e. The number of anilines is 2. The van der Waals surface area contributed by atoms with Gasteiger partial charge in [-0.25, -0.2) is 8.42 Å². The highest BCUT2D eigenvalue weighted by Crippen LogP contribution is 2.30. The minimum absolute atomic E-state index is 0.0697. The molecule has 0 spiro atoms. The molecule has 0 radical (unpaired) electrons. The zero-order valence-electron chi connectivity index (χ0n) is 15.8. The van der Waals surface area contributed by atoms with Crippen LogP contribution in [0.2, 0.25) is 0 Å². The molecule has 7 heteroatoms. The molecule has 0 unspecified atom stereocenters. The van der Waals surface area contributed by atoms with Gasteiger partial charge in [-0.05, 0) is 68.7 Å². The van der Waals surface area contributed by atoms with Crippen LogP contribution in [-0.2, 0) is 14.8 Å². The minimum atomic E-state index is -3.74. The van der Waals surface area contributed by atoms with Gasteiger partial charge in [0.15, 0.2) is 0 Å². The van der Waals surface area contributed by atoms with E-state index in [0.717, 1.165) is 23.2 Å². The predicted molar refractivity (Wildman–Crippen MR) is 106 cm³/mol. The number of hydrogen-bond donors (Lipinski definition) is 1. The molecule has 2 aromatic carbocycles. The van der Waals surface area contributed by atoms with Gasteiger partial charge in [-0.15, -0.1) is 0 Å². The quantitative estimate of drug-likeness (QED) is 0.820. The number of amides is 1. The van der Waals surface area contributed by atoms with Gasteiger partial charge >= 0.3 is 0 Å². The van der Waals surface area contributed by atoms with E-state index >= 15 is 0 Å². The summed E-state index contributed by atoms with van der Waals surface area (Å²) in [5.74, 6) is 0.738. The molecule has 1 aliphatic heterocycles. The molecule has 6 nitrogen and oxygen atoms in total. The Morgan fingerprint density at radius 3 is 2.52 bits per heavy atom. The number of rotatable bonds is 6. The first kappa shape index (κ1) is 19.2. The zero-order valence-corrected chi connectivity index (χ0v) is 16.6. The normalized spacial score (nSPS) is 14.5. The number of benzene rings is 2. The number of carbonyl (C=O) groups is 1. The Labute approximate surface area is 160 Å². The van der Waals surface area contributed by atoms with Crippen molar-refractivity contribution in [3.05, 3.63) is 47.5 Å². The number of aryl methyl sites for hydroxylation is 2. The topological polar surface area (TPSA) is 75.7 Å². The first-order chi connectivity index (χ1) is 12.8. The van der Waals surface area contributed by atoms with Crippen molar-refractivity contribution >= 4 is 27.3 Å². The van der Waals surface area contributed by atoms with Crippen LogP contribution in [0.5, 0.6) is 5.75 Å². The second-order valence-corrected chi connectivity index (χ2v) is 8.30. The third kappa shape index (κ3) is 4.08. The lowest BCUT2D eigenvalue weighted by atomic mass is 10.1. The van der Waals surface area contributed by atoms with E-state index in [-0.39, 0.29) is 10.8 Å². The molecule has 1 N–H and O–H groups in total. The zero-order chi connectivity index (χ0) is 19.6. The third-order valence-corrected chi connectivity index (χ3v) is 5.96. The number of nitrogens with zero attached hydrogens (tertiary/aromatic N) is 1. The van der Waals surface area contributed by atoms with Crippen LogP contribution in [0.15, 0.2) is 41.3 Å². The minimum Gasteiger partial charge on any atom is -0.494 e. The summed E-state index contributed by atoms with van der Waals surface area (Å²) < 4.78 is 33.6. The van der Waals surface area contributed by atoms with Gasteiger partial charge in [0, 0.05) is 18.7 Å². The van der Waals surface area contributed by atoms with Gasteiger partial charge in [-0.1, -0.05) is 6.07 Å². The van der Waals surface area contributed by atoms with Crippen molar-refractivity contribution in [1.82, 2.24) is 0 Å². The van der Waals surface area contributed by atoms with Gasteiger partial charge in [0.05, 0.1) is 17.2 Å². The average molecular weight is 388 g/mol. The fraction of sp³-hybridized carbons (Fsp3) is 0.350. The van der Waals surface area contributed by atoms with Crippen LogP contribution < -0.4 is 14.4 Å². The molecule has 0 atom stereocenters. The lowest BCUT2D eigenvalue weighted by molar-refractivity contribution is -0.117. The fourth-order valence-electron chi connectivity index (χ4n) is 3.19. The van der Waals surface area contributed by atoms with Crippen molar-refractivity contribution in [2.45, 2.75) is 38.5 Å². The average Bonchev–Trinajstić information content (AvgIpc) is 3.04. The molecule has 1 heterocycles. The molecule has 0 saturated carbocycles. The standard InChI is InChI=1S/C20H24N2O4S/c1-4-26-19-10-9-17(12-15(19)3)27(24,25)21-16-8-7-14(2)18(13-16)22-11-5-6-20(22)23/h7-10,12-13,21H,4-6,11H2,1-3H3. The van der Waals surface area contributed by atoms with E-state index in [9.17, 15) is 13.2 Å². The summed E-state index contributed by atoms with van der Waals surface area (Å²) in [6.45, 7) is 6.79. The van der Waals surface area contributed by atoms with Gasteiger partial charge in [0.1, 0.15) is 5.75 Å². The number of nitrogens with one attached hydrogen (secondary N) is 1. The Morgan fingerprint density at radius 2 is 1.89 bits per heavy atom. The van der Waals surface area contributed by atoms with Crippen LogP contribution in [0.3, 0.4) is 0 Å². The number of sulfonamides is 1.